The number of nitrogens with zero attached hydrogens (tertiary/aromatic N) is 4. The Labute approximate surface area is 129 Å². The van der Waals surface area contributed by atoms with Gasteiger partial charge >= 0.3 is 0 Å². The summed E-state index contributed by atoms with van der Waals surface area (Å²) >= 11 is 0. The Morgan fingerprint density at radius 2 is 2.09 bits per heavy atom. The summed E-state index contributed by atoms with van der Waals surface area (Å²) < 4.78 is 25.1. The number of anilines is 1. The zero-order chi connectivity index (χ0) is 16.0. The van der Waals surface area contributed by atoms with E-state index < -0.39 is 14.6 Å². The van der Waals surface area contributed by atoms with Crippen LogP contribution < -0.4 is 5.32 Å². The summed E-state index contributed by atoms with van der Waals surface area (Å²) in [5, 5.41) is 3.19. The number of aryl methyl sites for hydroxylation is 1. The van der Waals surface area contributed by atoms with Crippen LogP contribution in [0.4, 0.5) is 5.82 Å². The zero-order valence-corrected chi connectivity index (χ0v) is 13.6. The highest BCUT2D eigenvalue weighted by atomic mass is 32.2. The Kier molecular flexibility index (Phi) is 3.43. The van der Waals surface area contributed by atoms with Crippen molar-refractivity contribution in [3.63, 3.8) is 0 Å². The van der Waals surface area contributed by atoms with E-state index in [2.05, 4.69) is 20.3 Å². The molecule has 1 aliphatic rings. The molecule has 0 saturated heterocycles. The molecule has 0 radical (unpaired) electrons. The van der Waals surface area contributed by atoms with Gasteiger partial charge in [-0.2, -0.15) is 0 Å². The van der Waals surface area contributed by atoms with E-state index in [1.807, 2.05) is 24.6 Å². The van der Waals surface area contributed by atoms with Crippen molar-refractivity contribution < 1.29 is 8.42 Å². The Morgan fingerprint density at radius 1 is 1.36 bits per heavy atom. The molecular weight excluding hydrogens is 302 g/mol. The maximum absolute atomic E-state index is 12.0. The first-order valence-corrected chi connectivity index (χ1v) is 9.01. The maximum Gasteiger partial charge on any atom is 0.159 e. The second kappa shape index (κ2) is 5.05. The van der Waals surface area contributed by atoms with Gasteiger partial charge in [0.25, 0.3) is 0 Å². The molecule has 2 aromatic heterocycles. The fourth-order valence-corrected chi connectivity index (χ4v) is 4.31. The van der Waals surface area contributed by atoms with Crippen LogP contribution in [0.3, 0.4) is 0 Å². The lowest BCUT2D eigenvalue weighted by Gasteiger charge is -2.23. The van der Waals surface area contributed by atoms with E-state index in [0.717, 1.165) is 5.82 Å². The van der Waals surface area contributed by atoms with Crippen LogP contribution in [0.5, 0.6) is 0 Å². The summed E-state index contributed by atoms with van der Waals surface area (Å²) in [6, 6.07) is -0.212. The summed E-state index contributed by atoms with van der Waals surface area (Å²) in [5.74, 6) is 2.03. The molecule has 7 nitrogen and oxygen atoms in total. The molecule has 0 aliphatic heterocycles. The SMILES string of the molecule is Cc1nccn1-c1cncc(N[C@@H](C)C2(S(C)(=O)=O)CC2)n1. The maximum atomic E-state index is 12.0. The molecule has 1 fully saturated rings. The van der Waals surface area contributed by atoms with Crippen LogP contribution >= 0.6 is 0 Å². The highest BCUT2D eigenvalue weighted by molar-refractivity contribution is 7.92. The average molecular weight is 321 g/mol. The highest BCUT2D eigenvalue weighted by Gasteiger charge is 2.56. The number of sulfone groups is 1. The fraction of sp³-hybridized carbons (Fsp3) is 0.500. The van der Waals surface area contributed by atoms with Crippen molar-refractivity contribution >= 4 is 15.7 Å². The molecule has 3 rings (SSSR count). The molecule has 0 unspecified atom stereocenters. The molecule has 1 N–H and O–H groups in total. The van der Waals surface area contributed by atoms with Gasteiger partial charge in [0.05, 0.1) is 17.1 Å². The Hall–Kier alpha value is -1.96. The molecule has 2 heterocycles. The van der Waals surface area contributed by atoms with Crippen molar-refractivity contribution in [1.29, 1.82) is 0 Å². The van der Waals surface area contributed by atoms with Gasteiger partial charge in [-0.05, 0) is 26.7 Å². The number of rotatable bonds is 5. The van der Waals surface area contributed by atoms with Crippen LogP contribution in [-0.4, -0.2) is 45.0 Å². The zero-order valence-electron chi connectivity index (χ0n) is 12.8. The van der Waals surface area contributed by atoms with E-state index in [9.17, 15) is 8.42 Å². The number of aromatic nitrogens is 4. The molecule has 0 amide bonds. The number of nitrogens with one attached hydrogen (secondary N) is 1. The van der Waals surface area contributed by atoms with Crippen molar-refractivity contribution in [2.45, 2.75) is 37.5 Å². The predicted molar refractivity (Wildman–Crippen MR) is 83.8 cm³/mol. The van der Waals surface area contributed by atoms with Crippen LogP contribution in [0.2, 0.25) is 0 Å². The van der Waals surface area contributed by atoms with Gasteiger partial charge < -0.3 is 5.32 Å². The Morgan fingerprint density at radius 3 is 2.64 bits per heavy atom. The molecule has 1 aliphatic carbocycles. The molecule has 118 valence electrons. The Balaban J connectivity index is 1.84. The molecule has 0 spiro atoms. The van der Waals surface area contributed by atoms with E-state index in [1.54, 1.807) is 18.6 Å². The third-order valence-corrected chi connectivity index (χ3v) is 6.57. The number of hydrogen-bond acceptors (Lipinski definition) is 6. The fourth-order valence-electron chi connectivity index (χ4n) is 2.76. The average Bonchev–Trinajstić information content (AvgIpc) is 3.17. The normalized spacial score (nSPS) is 18.0. The first-order valence-electron chi connectivity index (χ1n) is 7.12. The van der Waals surface area contributed by atoms with Gasteiger partial charge in [0.1, 0.15) is 11.6 Å². The number of hydrogen-bond donors (Lipinski definition) is 1. The second-order valence-corrected chi connectivity index (χ2v) is 8.17. The van der Waals surface area contributed by atoms with Gasteiger partial charge in [-0.15, -0.1) is 0 Å². The van der Waals surface area contributed by atoms with Crippen molar-refractivity contribution in [2.24, 2.45) is 0 Å². The van der Waals surface area contributed by atoms with Gasteiger partial charge in [0.2, 0.25) is 0 Å². The molecule has 8 heteroatoms. The topological polar surface area (TPSA) is 89.8 Å². The van der Waals surface area contributed by atoms with E-state index >= 15 is 0 Å². The minimum Gasteiger partial charge on any atom is -0.365 e. The largest absolute Gasteiger partial charge is 0.365 e. The van der Waals surface area contributed by atoms with Gasteiger partial charge in [-0.1, -0.05) is 0 Å². The molecule has 2 aromatic rings. The summed E-state index contributed by atoms with van der Waals surface area (Å²) in [4.78, 5) is 12.8. The quantitative estimate of drug-likeness (QED) is 0.894. The molecule has 22 heavy (non-hydrogen) atoms. The van der Waals surface area contributed by atoms with E-state index in [1.165, 1.54) is 6.26 Å². The summed E-state index contributed by atoms with van der Waals surface area (Å²) in [5.41, 5.74) is 0. The second-order valence-electron chi connectivity index (χ2n) is 5.81. The van der Waals surface area contributed by atoms with Gasteiger partial charge in [0.15, 0.2) is 15.7 Å². The minimum absolute atomic E-state index is 0.212. The number of imidazole rings is 1. The third kappa shape index (κ3) is 2.47. The Bertz CT molecular complexity index is 795. The smallest absolute Gasteiger partial charge is 0.159 e. The van der Waals surface area contributed by atoms with Gasteiger partial charge in [-0.25, -0.2) is 18.4 Å². The lowest BCUT2D eigenvalue weighted by Crippen LogP contribution is -2.39. The standard InChI is InChI=1S/C14H19N5O2S/c1-10(14(4-5-14)22(3,20)21)17-12-8-15-9-13(18-12)19-7-6-16-11(19)2/h6-10H,4-5H2,1-3H3,(H,17,18)/t10-/m0/s1. The first-order chi connectivity index (χ1) is 10.3. The van der Waals surface area contributed by atoms with Crippen LogP contribution in [0.1, 0.15) is 25.6 Å². The van der Waals surface area contributed by atoms with Crippen molar-refractivity contribution in [3.8, 4) is 5.82 Å². The van der Waals surface area contributed by atoms with E-state index in [-0.39, 0.29) is 6.04 Å². The molecular formula is C14H19N5O2S. The first kappa shape index (κ1) is 15.0. The molecule has 1 saturated carbocycles. The van der Waals surface area contributed by atoms with Crippen LogP contribution in [0.15, 0.2) is 24.8 Å². The van der Waals surface area contributed by atoms with E-state index in [0.29, 0.717) is 24.5 Å². The summed E-state index contributed by atoms with van der Waals surface area (Å²) in [7, 11) is -3.10. The molecule has 0 aromatic carbocycles. The van der Waals surface area contributed by atoms with Crippen molar-refractivity contribution in [1.82, 2.24) is 19.5 Å². The minimum atomic E-state index is -3.10. The van der Waals surface area contributed by atoms with Gasteiger partial charge in [0, 0.05) is 24.7 Å². The van der Waals surface area contributed by atoms with Gasteiger partial charge in [-0.3, -0.25) is 9.55 Å². The lowest BCUT2D eigenvalue weighted by molar-refractivity contribution is 0.568. The molecule has 1 atom stereocenters. The third-order valence-electron chi connectivity index (χ3n) is 4.33. The van der Waals surface area contributed by atoms with Crippen LogP contribution in [0, 0.1) is 6.92 Å². The molecule has 0 bridgehead atoms. The summed E-state index contributed by atoms with van der Waals surface area (Å²) in [6.07, 6.45) is 9.43. The predicted octanol–water partition coefficient (Wildman–Crippen LogP) is 1.35. The summed E-state index contributed by atoms with van der Waals surface area (Å²) in [6.45, 7) is 3.76. The monoisotopic (exact) mass is 321 g/mol. The van der Waals surface area contributed by atoms with Crippen molar-refractivity contribution in [2.75, 3.05) is 11.6 Å². The van der Waals surface area contributed by atoms with Crippen molar-refractivity contribution in [3.05, 3.63) is 30.6 Å². The van der Waals surface area contributed by atoms with E-state index in [4.69, 9.17) is 0 Å². The highest BCUT2D eigenvalue weighted by Crippen LogP contribution is 2.46. The lowest BCUT2D eigenvalue weighted by atomic mass is 10.2. The van der Waals surface area contributed by atoms with Crippen LogP contribution in [0.25, 0.3) is 5.82 Å². The van der Waals surface area contributed by atoms with Crippen LogP contribution in [-0.2, 0) is 9.84 Å².